The van der Waals surface area contributed by atoms with E-state index in [4.69, 9.17) is 15.5 Å². The predicted octanol–water partition coefficient (Wildman–Crippen LogP) is 3.14. The molecule has 9 heteroatoms. The van der Waals surface area contributed by atoms with E-state index in [1.165, 1.54) is 18.5 Å². The summed E-state index contributed by atoms with van der Waals surface area (Å²) in [4.78, 5) is 23.3. The fourth-order valence-corrected chi connectivity index (χ4v) is 3.85. The molecule has 0 amide bonds. The second-order valence-corrected chi connectivity index (χ2v) is 7.53. The molecule has 0 radical (unpaired) electrons. The molecule has 3 aromatic heterocycles. The van der Waals surface area contributed by atoms with Gasteiger partial charge in [0.2, 0.25) is 0 Å². The maximum absolute atomic E-state index is 14.1. The summed E-state index contributed by atoms with van der Waals surface area (Å²) in [6, 6.07) is 3.14. The number of anilines is 1. The normalized spacial score (nSPS) is 17.5. The average Bonchev–Trinajstić information content (AvgIpc) is 3.39. The number of esters is 1. The number of carbonyl (C=O) groups is 1. The molecule has 3 aromatic rings. The molecule has 162 valence electrons. The number of aromatic nitrogens is 4. The highest BCUT2D eigenvalue weighted by molar-refractivity contribution is 5.95. The molecule has 2 N–H and O–H groups in total. The van der Waals surface area contributed by atoms with Crippen molar-refractivity contribution >= 4 is 23.5 Å². The van der Waals surface area contributed by atoms with Gasteiger partial charge in [-0.25, -0.2) is 18.7 Å². The van der Waals surface area contributed by atoms with Crippen LogP contribution in [0, 0.1) is 5.82 Å². The van der Waals surface area contributed by atoms with E-state index in [9.17, 15) is 9.18 Å². The van der Waals surface area contributed by atoms with Crippen molar-refractivity contribution in [2.24, 2.45) is 5.73 Å². The van der Waals surface area contributed by atoms with Gasteiger partial charge >= 0.3 is 5.97 Å². The SMILES string of the molecule is CCOC(=O)c1cnn2ccc(N3CCCC3c3cc(F)cnc3/C=C/[C@@H](C)N)nc12. The van der Waals surface area contributed by atoms with Gasteiger partial charge in [-0.3, -0.25) is 4.98 Å². The van der Waals surface area contributed by atoms with Crippen LogP contribution in [0.15, 0.2) is 36.8 Å². The molecule has 1 aliphatic rings. The van der Waals surface area contributed by atoms with Gasteiger partial charge < -0.3 is 15.4 Å². The van der Waals surface area contributed by atoms with Gasteiger partial charge in [-0.15, -0.1) is 0 Å². The molecule has 0 aliphatic carbocycles. The van der Waals surface area contributed by atoms with Crippen LogP contribution >= 0.6 is 0 Å². The van der Waals surface area contributed by atoms with E-state index in [1.807, 2.05) is 25.1 Å². The molecule has 1 fully saturated rings. The molecular weight excluding hydrogens is 399 g/mol. The van der Waals surface area contributed by atoms with Gasteiger partial charge in [0.25, 0.3) is 0 Å². The summed E-state index contributed by atoms with van der Waals surface area (Å²) in [6.45, 7) is 4.65. The molecule has 0 spiro atoms. The molecule has 4 heterocycles. The van der Waals surface area contributed by atoms with Gasteiger partial charge in [-0.1, -0.05) is 6.08 Å². The fraction of sp³-hybridized carbons (Fsp3) is 0.364. The Morgan fingerprint density at radius 3 is 3.06 bits per heavy atom. The lowest BCUT2D eigenvalue weighted by atomic mass is 10.0. The summed E-state index contributed by atoms with van der Waals surface area (Å²) in [5.74, 6) is -0.159. The van der Waals surface area contributed by atoms with E-state index in [0.29, 0.717) is 22.7 Å². The van der Waals surface area contributed by atoms with Gasteiger partial charge in [0.05, 0.1) is 30.7 Å². The Bertz CT molecular complexity index is 1130. The van der Waals surface area contributed by atoms with Crippen LogP contribution in [0.4, 0.5) is 10.2 Å². The molecule has 1 aliphatic heterocycles. The van der Waals surface area contributed by atoms with Crippen molar-refractivity contribution in [3.8, 4) is 0 Å². The lowest BCUT2D eigenvalue weighted by Crippen LogP contribution is -2.25. The maximum Gasteiger partial charge on any atom is 0.343 e. The number of hydrogen-bond donors (Lipinski definition) is 1. The molecule has 0 aromatic carbocycles. The first-order valence-electron chi connectivity index (χ1n) is 10.3. The van der Waals surface area contributed by atoms with E-state index < -0.39 is 5.97 Å². The van der Waals surface area contributed by atoms with Crippen molar-refractivity contribution in [1.82, 2.24) is 19.6 Å². The number of hydrogen-bond acceptors (Lipinski definition) is 7. The molecule has 1 saturated heterocycles. The fourth-order valence-electron chi connectivity index (χ4n) is 3.85. The summed E-state index contributed by atoms with van der Waals surface area (Å²) in [5, 5.41) is 4.19. The Hall–Kier alpha value is -3.33. The van der Waals surface area contributed by atoms with Crippen LogP contribution in [0.3, 0.4) is 0 Å². The molecule has 0 bridgehead atoms. The van der Waals surface area contributed by atoms with Crippen LogP contribution < -0.4 is 10.6 Å². The monoisotopic (exact) mass is 424 g/mol. The quantitative estimate of drug-likeness (QED) is 0.607. The Morgan fingerprint density at radius 1 is 1.45 bits per heavy atom. The molecule has 4 rings (SSSR count). The number of halogens is 1. The summed E-state index contributed by atoms with van der Waals surface area (Å²) >= 11 is 0. The first-order chi connectivity index (χ1) is 15.0. The second-order valence-electron chi connectivity index (χ2n) is 7.53. The first kappa shape index (κ1) is 20.9. The van der Waals surface area contributed by atoms with Gasteiger partial charge in [0.15, 0.2) is 5.65 Å². The average molecular weight is 424 g/mol. The van der Waals surface area contributed by atoms with Crippen LogP contribution in [0.1, 0.15) is 54.3 Å². The number of rotatable bonds is 6. The Balaban J connectivity index is 1.73. The van der Waals surface area contributed by atoms with Crippen molar-refractivity contribution in [2.75, 3.05) is 18.1 Å². The lowest BCUT2D eigenvalue weighted by molar-refractivity contribution is 0.0528. The standard InChI is InChI=1S/C22H25FN6O2/c1-3-31-22(30)17-13-26-29-10-8-20(27-21(17)29)28-9-4-5-19(28)16-11-15(23)12-25-18(16)7-6-14(2)24/h6-8,10-14,19H,3-5,9,24H2,1-2H3/b7-6+/t14-,19?/m1/s1. The molecule has 1 unspecified atom stereocenters. The van der Waals surface area contributed by atoms with Gasteiger partial charge in [-0.2, -0.15) is 5.10 Å². The smallest absolute Gasteiger partial charge is 0.343 e. The van der Waals surface area contributed by atoms with Gasteiger partial charge in [-0.05, 0) is 44.9 Å². The minimum absolute atomic E-state index is 0.0974. The number of ether oxygens (including phenoxy) is 1. The zero-order valence-corrected chi connectivity index (χ0v) is 17.5. The van der Waals surface area contributed by atoms with Crippen LogP contribution in [0.25, 0.3) is 11.7 Å². The van der Waals surface area contributed by atoms with E-state index in [-0.39, 0.29) is 24.5 Å². The highest BCUT2D eigenvalue weighted by atomic mass is 19.1. The van der Waals surface area contributed by atoms with Crippen molar-refractivity contribution in [3.05, 3.63) is 59.4 Å². The van der Waals surface area contributed by atoms with E-state index in [2.05, 4.69) is 15.0 Å². The summed E-state index contributed by atoms with van der Waals surface area (Å²) in [7, 11) is 0. The number of carbonyl (C=O) groups excluding carboxylic acids is 1. The minimum atomic E-state index is -0.460. The third-order valence-corrected chi connectivity index (χ3v) is 5.23. The molecular formula is C22H25FN6O2. The minimum Gasteiger partial charge on any atom is -0.462 e. The second kappa shape index (κ2) is 8.81. The predicted molar refractivity (Wildman–Crippen MR) is 115 cm³/mol. The third kappa shape index (κ3) is 4.27. The third-order valence-electron chi connectivity index (χ3n) is 5.23. The number of nitrogens with two attached hydrogens (primary N) is 1. The Kier molecular flexibility index (Phi) is 5.94. The topological polar surface area (TPSA) is 98.6 Å². The van der Waals surface area contributed by atoms with Crippen molar-refractivity contribution < 1.29 is 13.9 Å². The summed E-state index contributed by atoms with van der Waals surface area (Å²) in [5.41, 5.74) is 8.05. The molecule has 2 atom stereocenters. The Morgan fingerprint density at radius 2 is 2.29 bits per heavy atom. The van der Waals surface area contributed by atoms with Crippen molar-refractivity contribution in [3.63, 3.8) is 0 Å². The van der Waals surface area contributed by atoms with Crippen molar-refractivity contribution in [2.45, 2.75) is 38.8 Å². The number of fused-ring (bicyclic) bond motifs is 1. The van der Waals surface area contributed by atoms with Crippen LogP contribution in [-0.4, -0.2) is 44.7 Å². The van der Waals surface area contributed by atoms with Crippen LogP contribution in [0.5, 0.6) is 0 Å². The van der Waals surface area contributed by atoms with E-state index in [0.717, 1.165) is 24.9 Å². The molecule has 31 heavy (non-hydrogen) atoms. The molecule has 8 nitrogen and oxygen atoms in total. The summed E-state index contributed by atoms with van der Waals surface area (Å²) in [6.07, 6.45) is 9.87. The number of pyridine rings is 1. The van der Waals surface area contributed by atoms with Crippen LogP contribution in [0.2, 0.25) is 0 Å². The summed E-state index contributed by atoms with van der Waals surface area (Å²) < 4.78 is 20.8. The van der Waals surface area contributed by atoms with Gasteiger partial charge in [0, 0.05) is 24.3 Å². The van der Waals surface area contributed by atoms with E-state index in [1.54, 1.807) is 17.6 Å². The van der Waals surface area contributed by atoms with Crippen LogP contribution in [-0.2, 0) is 4.74 Å². The Labute approximate surface area is 179 Å². The molecule has 0 saturated carbocycles. The number of nitrogens with zero attached hydrogens (tertiary/aromatic N) is 5. The lowest BCUT2D eigenvalue weighted by Gasteiger charge is -2.27. The van der Waals surface area contributed by atoms with E-state index >= 15 is 0 Å². The van der Waals surface area contributed by atoms with Gasteiger partial charge in [0.1, 0.15) is 17.2 Å². The highest BCUT2D eigenvalue weighted by Crippen LogP contribution is 2.37. The zero-order chi connectivity index (χ0) is 22.0. The van der Waals surface area contributed by atoms with Crippen molar-refractivity contribution in [1.29, 1.82) is 0 Å². The first-order valence-corrected chi connectivity index (χ1v) is 10.3. The largest absolute Gasteiger partial charge is 0.462 e. The maximum atomic E-state index is 14.1. The zero-order valence-electron chi connectivity index (χ0n) is 17.5. The highest BCUT2D eigenvalue weighted by Gasteiger charge is 2.30.